The summed E-state index contributed by atoms with van der Waals surface area (Å²) in [4.78, 5) is 11.5. The van der Waals surface area contributed by atoms with Crippen LogP contribution in [0, 0.1) is 10.8 Å². The molecule has 4 rings (SSSR count). The molecule has 0 heterocycles. The molecule has 19 heavy (non-hydrogen) atoms. The van der Waals surface area contributed by atoms with Crippen LogP contribution in [0.2, 0.25) is 0 Å². The zero-order valence-electron chi connectivity index (χ0n) is 11.4. The number of methoxy groups -OCH3 is 1. The second kappa shape index (κ2) is 4.34. The molecule has 2 bridgehead atoms. The molecule has 0 amide bonds. The third-order valence-electron chi connectivity index (χ3n) is 5.08. The topological polar surface area (TPSA) is 52.3 Å². The Kier molecular flexibility index (Phi) is 2.90. The Hall–Kier alpha value is -1.35. The van der Waals surface area contributed by atoms with Crippen LogP contribution in [0.15, 0.2) is 30.3 Å². The largest absolute Gasteiger partial charge is 0.468 e. The van der Waals surface area contributed by atoms with Crippen LogP contribution in [0.25, 0.3) is 0 Å². The number of ether oxygens (including phenoxy) is 1. The molecular formula is C16H21NO2. The van der Waals surface area contributed by atoms with E-state index in [1.807, 2.05) is 0 Å². The van der Waals surface area contributed by atoms with Crippen LogP contribution in [0.5, 0.6) is 0 Å². The molecule has 1 atom stereocenters. The molecule has 0 saturated heterocycles. The minimum absolute atomic E-state index is 0.0593. The van der Waals surface area contributed by atoms with Crippen LogP contribution in [0.1, 0.15) is 31.2 Å². The van der Waals surface area contributed by atoms with Crippen molar-refractivity contribution in [2.45, 2.75) is 38.1 Å². The highest BCUT2D eigenvalue weighted by Crippen LogP contribution is 2.76. The lowest BCUT2D eigenvalue weighted by molar-refractivity contribution is -0.224. The summed E-state index contributed by atoms with van der Waals surface area (Å²) in [5.74, 6) is -0.253. The fourth-order valence-corrected chi connectivity index (χ4v) is 4.11. The summed E-state index contributed by atoms with van der Waals surface area (Å²) in [6.45, 7) is 0. The molecule has 3 fully saturated rings. The van der Waals surface area contributed by atoms with E-state index in [1.165, 1.54) is 19.1 Å². The van der Waals surface area contributed by atoms with E-state index in [9.17, 15) is 4.79 Å². The number of hydrogen-bond donors (Lipinski definition) is 1. The van der Waals surface area contributed by atoms with Crippen molar-refractivity contribution in [1.29, 1.82) is 0 Å². The second-order valence-electron chi connectivity index (χ2n) is 6.38. The predicted molar refractivity (Wildman–Crippen MR) is 73.5 cm³/mol. The highest BCUT2D eigenvalue weighted by Gasteiger charge is 2.70. The van der Waals surface area contributed by atoms with Crippen LogP contribution in [-0.4, -0.2) is 19.1 Å². The first kappa shape index (κ1) is 12.7. The van der Waals surface area contributed by atoms with E-state index in [-0.39, 0.29) is 11.4 Å². The molecule has 3 nitrogen and oxygen atoms in total. The van der Waals surface area contributed by atoms with Crippen LogP contribution < -0.4 is 5.73 Å². The van der Waals surface area contributed by atoms with Crippen molar-refractivity contribution in [2.24, 2.45) is 16.6 Å². The first-order chi connectivity index (χ1) is 9.09. The van der Waals surface area contributed by atoms with E-state index in [1.54, 1.807) is 0 Å². The molecule has 1 unspecified atom stereocenters. The number of nitrogens with two attached hydrogens (primary N) is 1. The third-order valence-corrected chi connectivity index (χ3v) is 5.08. The van der Waals surface area contributed by atoms with Gasteiger partial charge in [0.1, 0.15) is 6.04 Å². The number of rotatable bonds is 5. The molecule has 3 saturated carbocycles. The average molecular weight is 259 g/mol. The van der Waals surface area contributed by atoms with Gasteiger partial charge in [-0.05, 0) is 48.5 Å². The minimum Gasteiger partial charge on any atom is -0.468 e. The Labute approximate surface area is 114 Å². The number of hydrogen-bond acceptors (Lipinski definition) is 3. The van der Waals surface area contributed by atoms with E-state index < -0.39 is 6.04 Å². The van der Waals surface area contributed by atoms with Crippen LogP contribution in [0.4, 0.5) is 0 Å². The van der Waals surface area contributed by atoms with E-state index in [2.05, 4.69) is 30.3 Å². The van der Waals surface area contributed by atoms with E-state index in [0.717, 1.165) is 25.7 Å². The molecule has 3 heteroatoms. The lowest BCUT2D eigenvalue weighted by Crippen LogP contribution is -2.70. The lowest BCUT2D eigenvalue weighted by atomic mass is 9.32. The van der Waals surface area contributed by atoms with Crippen molar-refractivity contribution in [3.63, 3.8) is 0 Å². The van der Waals surface area contributed by atoms with Gasteiger partial charge in [-0.2, -0.15) is 0 Å². The van der Waals surface area contributed by atoms with Crippen LogP contribution >= 0.6 is 0 Å². The van der Waals surface area contributed by atoms with E-state index >= 15 is 0 Å². The predicted octanol–water partition coefficient (Wildman–Crippen LogP) is 2.29. The number of carbonyl (C=O) groups excluding carboxylic acids is 1. The van der Waals surface area contributed by atoms with Gasteiger partial charge in [-0.1, -0.05) is 30.3 Å². The first-order valence-electron chi connectivity index (χ1n) is 6.97. The van der Waals surface area contributed by atoms with Crippen molar-refractivity contribution in [2.75, 3.05) is 7.11 Å². The monoisotopic (exact) mass is 259 g/mol. The van der Waals surface area contributed by atoms with Gasteiger partial charge in [0, 0.05) is 0 Å². The maximum Gasteiger partial charge on any atom is 0.323 e. The van der Waals surface area contributed by atoms with Gasteiger partial charge in [-0.3, -0.25) is 4.79 Å². The van der Waals surface area contributed by atoms with Gasteiger partial charge < -0.3 is 10.5 Å². The first-order valence-corrected chi connectivity index (χ1v) is 6.97. The van der Waals surface area contributed by atoms with E-state index in [4.69, 9.17) is 10.5 Å². The second-order valence-corrected chi connectivity index (χ2v) is 6.38. The molecule has 0 radical (unpaired) electrons. The summed E-state index contributed by atoms with van der Waals surface area (Å²) in [5.41, 5.74) is 7.92. The zero-order chi connectivity index (χ0) is 13.5. The summed E-state index contributed by atoms with van der Waals surface area (Å²) in [5, 5.41) is 0. The summed E-state index contributed by atoms with van der Waals surface area (Å²) in [6, 6.07) is 10.2. The van der Waals surface area contributed by atoms with Gasteiger partial charge in [0.2, 0.25) is 0 Å². The number of esters is 1. The summed E-state index contributed by atoms with van der Waals surface area (Å²) in [7, 11) is 1.42. The minimum atomic E-state index is -0.420. The van der Waals surface area contributed by atoms with Crippen molar-refractivity contribution < 1.29 is 9.53 Å². The van der Waals surface area contributed by atoms with Crippen LogP contribution in [-0.2, 0) is 16.0 Å². The molecule has 3 aliphatic rings. The van der Waals surface area contributed by atoms with Gasteiger partial charge in [0.05, 0.1) is 7.11 Å². The Morgan fingerprint density at radius 2 is 1.95 bits per heavy atom. The lowest BCUT2D eigenvalue weighted by Gasteiger charge is -2.72. The Morgan fingerprint density at radius 1 is 1.32 bits per heavy atom. The normalized spacial score (nSPS) is 32.9. The van der Waals surface area contributed by atoms with E-state index in [0.29, 0.717) is 5.41 Å². The fourth-order valence-electron chi connectivity index (χ4n) is 4.11. The summed E-state index contributed by atoms with van der Waals surface area (Å²) in [6.07, 6.45) is 5.65. The smallest absolute Gasteiger partial charge is 0.323 e. The van der Waals surface area contributed by atoms with Crippen LogP contribution in [0.3, 0.4) is 0 Å². The summed E-state index contributed by atoms with van der Waals surface area (Å²) < 4.78 is 4.76. The number of aryl methyl sites for hydroxylation is 1. The van der Waals surface area contributed by atoms with Gasteiger partial charge >= 0.3 is 5.97 Å². The van der Waals surface area contributed by atoms with Gasteiger partial charge in [0.15, 0.2) is 0 Å². The Balaban J connectivity index is 1.52. The summed E-state index contributed by atoms with van der Waals surface area (Å²) >= 11 is 0. The molecule has 0 aliphatic heterocycles. The molecule has 2 N–H and O–H groups in total. The Bertz CT molecular complexity index is 463. The SMILES string of the molecule is COC(=O)C(N)C12CC(CCc3ccccc3)(C1)C2. The molecule has 102 valence electrons. The Morgan fingerprint density at radius 3 is 2.53 bits per heavy atom. The van der Waals surface area contributed by atoms with Crippen molar-refractivity contribution in [3.05, 3.63) is 35.9 Å². The van der Waals surface area contributed by atoms with Gasteiger partial charge in [-0.15, -0.1) is 0 Å². The zero-order valence-corrected chi connectivity index (χ0v) is 11.4. The quantitative estimate of drug-likeness (QED) is 0.825. The highest BCUT2D eigenvalue weighted by atomic mass is 16.5. The van der Waals surface area contributed by atoms with Gasteiger partial charge in [-0.25, -0.2) is 0 Å². The van der Waals surface area contributed by atoms with Crippen molar-refractivity contribution in [3.8, 4) is 0 Å². The number of carbonyl (C=O) groups is 1. The molecular weight excluding hydrogens is 238 g/mol. The molecule has 1 aromatic carbocycles. The average Bonchev–Trinajstić information content (AvgIpc) is 2.35. The molecule has 3 aliphatic carbocycles. The fraction of sp³-hybridized carbons (Fsp3) is 0.562. The molecule has 0 aromatic heterocycles. The van der Waals surface area contributed by atoms with Crippen molar-refractivity contribution in [1.82, 2.24) is 0 Å². The van der Waals surface area contributed by atoms with Crippen molar-refractivity contribution >= 4 is 5.97 Å². The third kappa shape index (κ3) is 1.96. The molecule has 0 spiro atoms. The maximum absolute atomic E-state index is 11.5. The highest BCUT2D eigenvalue weighted by molar-refractivity contribution is 5.77. The maximum atomic E-state index is 11.5. The molecule has 1 aromatic rings. The standard InChI is InChI=1S/C16H21NO2/c1-19-14(18)13(17)16-9-15(10-16,11-16)8-7-12-5-3-2-4-6-12/h2-6,13H,7-11,17H2,1H3. The van der Waals surface area contributed by atoms with Gasteiger partial charge in [0.25, 0.3) is 0 Å². The number of benzene rings is 1.